The van der Waals surface area contributed by atoms with Crippen LogP contribution in [0.25, 0.3) is 6.08 Å². The van der Waals surface area contributed by atoms with Crippen molar-refractivity contribution in [2.75, 3.05) is 20.7 Å². The van der Waals surface area contributed by atoms with Gasteiger partial charge < -0.3 is 9.47 Å². The first-order chi connectivity index (χ1) is 13.9. The first-order valence-corrected chi connectivity index (χ1v) is 10.5. The van der Waals surface area contributed by atoms with E-state index in [0.29, 0.717) is 28.2 Å². The number of aliphatic imine (C=N–C) groups is 1. The molecule has 0 saturated carbocycles. The van der Waals surface area contributed by atoms with Gasteiger partial charge in [0.2, 0.25) is 0 Å². The second kappa shape index (κ2) is 9.45. The van der Waals surface area contributed by atoms with Crippen LogP contribution >= 0.6 is 27.7 Å². The van der Waals surface area contributed by atoms with Crippen molar-refractivity contribution in [2.45, 2.75) is 13.5 Å². The van der Waals surface area contributed by atoms with Crippen LogP contribution in [0.1, 0.15) is 18.1 Å². The Morgan fingerprint density at radius 1 is 1.21 bits per heavy atom. The average Bonchev–Trinajstić information content (AvgIpc) is 2.98. The smallest absolute Gasteiger partial charge is 0.266 e. The van der Waals surface area contributed by atoms with Gasteiger partial charge in [-0.1, -0.05) is 28.1 Å². The molecule has 0 spiro atoms. The summed E-state index contributed by atoms with van der Waals surface area (Å²) in [6.07, 6.45) is 1.80. The molecule has 0 aliphatic carbocycles. The summed E-state index contributed by atoms with van der Waals surface area (Å²) in [7, 11) is 3.36. The van der Waals surface area contributed by atoms with Crippen LogP contribution in [0.4, 0.5) is 4.39 Å². The first kappa shape index (κ1) is 21.4. The third kappa shape index (κ3) is 5.00. The van der Waals surface area contributed by atoms with E-state index >= 15 is 0 Å². The van der Waals surface area contributed by atoms with Crippen molar-refractivity contribution in [1.82, 2.24) is 4.90 Å². The van der Waals surface area contributed by atoms with Gasteiger partial charge in [-0.15, -0.1) is 0 Å². The first-order valence-electron chi connectivity index (χ1n) is 8.91. The fraction of sp³-hybridized carbons (Fsp3) is 0.238. The Labute approximate surface area is 181 Å². The summed E-state index contributed by atoms with van der Waals surface area (Å²) in [5, 5.41) is 0.654. The third-order valence-corrected chi connectivity index (χ3v) is 5.99. The molecule has 1 aliphatic heterocycles. The van der Waals surface area contributed by atoms with Gasteiger partial charge >= 0.3 is 0 Å². The number of rotatable bonds is 6. The molecule has 2 aromatic carbocycles. The third-order valence-electron chi connectivity index (χ3n) is 4.15. The minimum atomic E-state index is -0.287. The zero-order valence-electron chi connectivity index (χ0n) is 16.2. The summed E-state index contributed by atoms with van der Waals surface area (Å²) in [5.41, 5.74) is 1.64. The number of amidine groups is 1. The number of amides is 1. The van der Waals surface area contributed by atoms with Gasteiger partial charge in [-0.25, -0.2) is 4.39 Å². The van der Waals surface area contributed by atoms with E-state index in [1.54, 1.807) is 32.3 Å². The zero-order valence-corrected chi connectivity index (χ0v) is 18.6. The zero-order chi connectivity index (χ0) is 21.0. The molecule has 5 nitrogen and oxygen atoms in total. The summed E-state index contributed by atoms with van der Waals surface area (Å²) >= 11 is 4.88. The summed E-state index contributed by atoms with van der Waals surface area (Å²) in [6, 6.07) is 9.79. The lowest BCUT2D eigenvalue weighted by Gasteiger charge is -2.14. The lowest BCUT2D eigenvalue weighted by Crippen LogP contribution is -2.23. The van der Waals surface area contributed by atoms with Crippen LogP contribution in [0.5, 0.6) is 11.5 Å². The van der Waals surface area contributed by atoms with Gasteiger partial charge in [0.05, 0.1) is 11.5 Å². The molecule has 1 heterocycles. The number of carbonyl (C=O) groups is 1. The SMILES string of the molecule is CCOc1cc(/C=C2\SC(=NC)N(C)C2=O)c(Br)cc1OCc1ccc(F)cc1. The highest BCUT2D eigenvalue weighted by Crippen LogP contribution is 2.38. The Kier molecular flexibility index (Phi) is 6.97. The van der Waals surface area contributed by atoms with Gasteiger partial charge in [0.1, 0.15) is 12.4 Å². The van der Waals surface area contributed by atoms with Crippen molar-refractivity contribution in [3.8, 4) is 11.5 Å². The number of hydrogen-bond acceptors (Lipinski definition) is 5. The largest absolute Gasteiger partial charge is 0.490 e. The van der Waals surface area contributed by atoms with Crippen LogP contribution < -0.4 is 9.47 Å². The van der Waals surface area contributed by atoms with Crippen molar-refractivity contribution in [1.29, 1.82) is 0 Å². The maximum absolute atomic E-state index is 13.1. The number of nitrogens with zero attached hydrogens (tertiary/aromatic N) is 2. The standard InChI is InChI=1S/C21H20BrFN2O3S/c1-4-27-17-9-14(10-19-20(26)25(3)21(24-2)29-19)16(22)11-18(17)28-12-13-5-7-15(23)8-6-13/h5-11H,4,12H2,1-3H3/b19-10-,24-21?. The summed E-state index contributed by atoms with van der Waals surface area (Å²) in [6.45, 7) is 2.63. The van der Waals surface area contributed by atoms with Gasteiger partial charge in [-0.2, -0.15) is 0 Å². The normalized spacial score (nSPS) is 16.7. The number of thioether (sulfide) groups is 1. The van der Waals surface area contributed by atoms with E-state index in [1.807, 2.05) is 19.1 Å². The number of halogens is 2. The van der Waals surface area contributed by atoms with Crippen molar-refractivity contribution < 1.29 is 18.7 Å². The number of benzene rings is 2. The minimum absolute atomic E-state index is 0.0999. The monoisotopic (exact) mass is 478 g/mol. The predicted molar refractivity (Wildman–Crippen MR) is 118 cm³/mol. The highest BCUT2D eigenvalue weighted by Gasteiger charge is 2.30. The number of likely N-dealkylation sites (N-methyl/N-ethyl adjacent to an activating group) is 1. The van der Waals surface area contributed by atoms with E-state index in [-0.39, 0.29) is 18.3 Å². The summed E-state index contributed by atoms with van der Waals surface area (Å²) in [5.74, 6) is 0.739. The van der Waals surface area contributed by atoms with E-state index in [0.717, 1.165) is 15.6 Å². The lowest BCUT2D eigenvalue weighted by molar-refractivity contribution is -0.121. The lowest BCUT2D eigenvalue weighted by atomic mass is 10.1. The van der Waals surface area contributed by atoms with E-state index in [1.165, 1.54) is 28.8 Å². The molecule has 0 N–H and O–H groups in total. The maximum Gasteiger partial charge on any atom is 0.266 e. The molecule has 152 valence electrons. The Morgan fingerprint density at radius 2 is 1.90 bits per heavy atom. The molecule has 0 atom stereocenters. The molecular formula is C21H20BrFN2O3S. The molecule has 2 aromatic rings. The van der Waals surface area contributed by atoms with Crippen LogP contribution in [0.3, 0.4) is 0 Å². The molecule has 0 unspecified atom stereocenters. The summed E-state index contributed by atoms with van der Waals surface area (Å²) < 4.78 is 25.5. The molecule has 1 saturated heterocycles. The molecular weight excluding hydrogens is 459 g/mol. The van der Waals surface area contributed by atoms with Crippen molar-refractivity contribution >= 4 is 44.8 Å². The second-order valence-electron chi connectivity index (χ2n) is 6.15. The molecule has 1 fully saturated rings. The van der Waals surface area contributed by atoms with Crippen LogP contribution in [0.2, 0.25) is 0 Å². The number of carbonyl (C=O) groups excluding carboxylic acids is 1. The topological polar surface area (TPSA) is 51.1 Å². The van der Waals surface area contributed by atoms with Crippen LogP contribution in [0.15, 0.2) is 50.8 Å². The molecule has 1 aliphatic rings. The summed E-state index contributed by atoms with van der Waals surface area (Å²) in [4.78, 5) is 18.6. The fourth-order valence-corrected chi connectivity index (χ4v) is 4.03. The molecule has 8 heteroatoms. The quantitative estimate of drug-likeness (QED) is 0.542. The molecule has 0 aromatic heterocycles. The van der Waals surface area contributed by atoms with Crippen molar-refractivity contribution in [3.63, 3.8) is 0 Å². The number of hydrogen-bond donors (Lipinski definition) is 0. The van der Waals surface area contributed by atoms with Gasteiger partial charge in [0.25, 0.3) is 5.91 Å². The highest BCUT2D eigenvalue weighted by atomic mass is 79.9. The van der Waals surface area contributed by atoms with E-state index in [2.05, 4.69) is 20.9 Å². The minimum Gasteiger partial charge on any atom is -0.490 e. The van der Waals surface area contributed by atoms with Crippen molar-refractivity contribution in [2.24, 2.45) is 4.99 Å². The van der Waals surface area contributed by atoms with Gasteiger partial charge in [0.15, 0.2) is 16.7 Å². The second-order valence-corrected chi connectivity index (χ2v) is 8.01. The fourth-order valence-electron chi connectivity index (χ4n) is 2.67. The van der Waals surface area contributed by atoms with Gasteiger partial charge in [0, 0.05) is 18.6 Å². The Hall–Kier alpha value is -2.32. The van der Waals surface area contributed by atoms with Crippen LogP contribution in [0, 0.1) is 5.82 Å². The van der Waals surface area contributed by atoms with Gasteiger partial charge in [-0.05, 0) is 60.2 Å². The molecule has 29 heavy (non-hydrogen) atoms. The Morgan fingerprint density at radius 3 is 2.52 bits per heavy atom. The Bertz CT molecular complexity index is 977. The van der Waals surface area contributed by atoms with E-state index in [4.69, 9.17) is 9.47 Å². The van der Waals surface area contributed by atoms with Crippen LogP contribution in [-0.4, -0.2) is 36.7 Å². The molecule has 1 amide bonds. The van der Waals surface area contributed by atoms with Gasteiger partial charge in [-0.3, -0.25) is 14.7 Å². The molecule has 3 rings (SSSR count). The molecule has 0 radical (unpaired) electrons. The van der Waals surface area contributed by atoms with E-state index < -0.39 is 0 Å². The number of ether oxygens (including phenoxy) is 2. The van der Waals surface area contributed by atoms with Crippen molar-refractivity contribution in [3.05, 3.63) is 62.7 Å². The predicted octanol–water partition coefficient (Wildman–Crippen LogP) is 5.10. The maximum atomic E-state index is 13.1. The van der Waals surface area contributed by atoms with Crippen LogP contribution in [-0.2, 0) is 11.4 Å². The average molecular weight is 479 g/mol. The van der Waals surface area contributed by atoms with E-state index in [9.17, 15) is 9.18 Å². The molecule has 0 bridgehead atoms. The Balaban J connectivity index is 1.87. The highest BCUT2D eigenvalue weighted by molar-refractivity contribution is 9.10.